The fourth-order valence-electron chi connectivity index (χ4n) is 1.55. The van der Waals surface area contributed by atoms with E-state index in [1.54, 1.807) is 10.7 Å². The van der Waals surface area contributed by atoms with Crippen molar-refractivity contribution in [2.45, 2.75) is 33.7 Å². The Morgan fingerprint density at radius 2 is 2.00 bits per heavy atom. The van der Waals surface area contributed by atoms with Crippen LogP contribution in [-0.4, -0.2) is 26.0 Å². The van der Waals surface area contributed by atoms with Gasteiger partial charge in [-0.2, -0.15) is 5.10 Å². The molecule has 0 aromatic carbocycles. The summed E-state index contributed by atoms with van der Waals surface area (Å²) < 4.78 is 1.70. The van der Waals surface area contributed by atoms with E-state index in [-0.39, 0.29) is 11.5 Å². The summed E-state index contributed by atoms with van der Waals surface area (Å²) >= 11 is 5.89. The van der Waals surface area contributed by atoms with Gasteiger partial charge in [-0.05, 0) is 18.4 Å². The van der Waals surface area contributed by atoms with Crippen LogP contribution in [0, 0.1) is 5.41 Å². The summed E-state index contributed by atoms with van der Waals surface area (Å²) in [6, 6.07) is 2.07. The monoisotopic (exact) mass is 267 g/mol. The van der Waals surface area contributed by atoms with Crippen molar-refractivity contribution in [3.63, 3.8) is 0 Å². The Kier molecular flexibility index (Phi) is 3.19. The average molecular weight is 268 g/mol. The molecule has 0 fully saturated rings. The molecule has 0 aliphatic carbocycles. The molecule has 0 spiro atoms. The lowest BCUT2D eigenvalue weighted by atomic mass is 9.88. The zero-order chi connectivity index (χ0) is 13.5. The van der Waals surface area contributed by atoms with E-state index in [1.165, 1.54) is 0 Å². The first kappa shape index (κ1) is 13.1. The van der Waals surface area contributed by atoms with Crippen molar-refractivity contribution in [2.24, 2.45) is 12.5 Å². The van der Waals surface area contributed by atoms with Crippen LogP contribution in [0.1, 0.15) is 27.7 Å². The second-order valence-corrected chi connectivity index (χ2v) is 6.00. The van der Waals surface area contributed by atoms with Gasteiger partial charge in [-0.1, -0.05) is 32.4 Å². The number of halogens is 1. The van der Waals surface area contributed by atoms with E-state index < -0.39 is 0 Å². The molecule has 1 N–H and O–H groups in total. The molecule has 18 heavy (non-hydrogen) atoms. The molecule has 6 heteroatoms. The van der Waals surface area contributed by atoms with Crippen LogP contribution in [0.5, 0.6) is 0 Å². The van der Waals surface area contributed by atoms with E-state index in [4.69, 9.17) is 11.6 Å². The zero-order valence-corrected chi connectivity index (χ0v) is 12.1. The van der Waals surface area contributed by atoms with Crippen molar-refractivity contribution in [1.29, 1.82) is 0 Å². The maximum absolute atomic E-state index is 5.89. The zero-order valence-electron chi connectivity index (χ0n) is 11.3. The molecule has 2 aromatic heterocycles. The minimum absolute atomic E-state index is 0.147. The molecule has 1 unspecified atom stereocenters. The largest absolute Gasteiger partial charge is 0.365 e. The lowest BCUT2D eigenvalue weighted by Crippen LogP contribution is -2.31. The van der Waals surface area contributed by atoms with Crippen LogP contribution in [0.15, 0.2) is 6.07 Å². The number of nitrogens with zero attached hydrogens (tertiary/aromatic N) is 4. The second kappa shape index (κ2) is 4.39. The van der Waals surface area contributed by atoms with Crippen LogP contribution < -0.4 is 5.32 Å². The van der Waals surface area contributed by atoms with E-state index in [1.807, 2.05) is 7.05 Å². The number of fused-ring (bicyclic) bond motifs is 1. The Morgan fingerprint density at radius 1 is 1.33 bits per heavy atom. The first-order chi connectivity index (χ1) is 8.29. The maximum atomic E-state index is 5.89. The average Bonchev–Trinajstić information content (AvgIpc) is 2.54. The third kappa shape index (κ3) is 2.41. The quantitative estimate of drug-likeness (QED) is 0.909. The summed E-state index contributed by atoms with van der Waals surface area (Å²) in [4.78, 5) is 0. The van der Waals surface area contributed by atoms with Gasteiger partial charge in [-0.25, -0.2) is 4.68 Å². The molecule has 1 atom stereocenters. The standard InChI is InChI=1S/C12H18ClN5/c1-7(12(2,3)4)14-10-8-6-9(13)15-16-11(8)18(5)17-10/h6-7H,1-5H3,(H,14,17). The van der Waals surface area contributed by atoms with Gasteiger partial charge in [0.05, 0.1) is 5.39 Å². The van der Waals surface area contributed by atoms with Gasteiger partial charge in [0.25, 0.3) is 0 Å². The van der Waals surface area contributed by atoms with Gasteiger partial charge in [0.2, 0.25) is 0 Å². The molecule has 0 aliphatic rings. The Balaban J connectivity index is 2.42. The molecule has 0 amide bonds. The van der Waals surface area contributed by atoms with Crippen molar-refractivity contribution in [1.82, 2.24) is 20.0 Å². The van der Waals surface area contributed by atoms with E-state index in [2.05, 4.69) is 48.3 Å². The fraction of sp³-hybridized carbons (Fsp3) is 0.583. The van der Waals surface area contributed by atoms with Crippen molar-refractivity contribution >= 4 is 28.5 Å². The van der Waals surface area contributed by atoms with E-state index in [0.717, 1.165) is 16.9 Å². The summed E-state index contributed by atoms with van der Waals surface area (Å²) in [7, 11) is 1.85. The van der Waals surface area contributed by atoms with Gasteiger partial charge in [-0.15, -0.1) is 10.2 Å². The number of aryl methyl sites for hydroxylation is 1. The Bertz CT molecular complexity index is 570. The van der Waals surface area contributed by atoms with E-state index in [0.29, 0.717) is 5.15 Å². The fourth-order valence-corrected chi connectivity index (χ4v) is 1.70. The predicted molar refractivity (Wildman–Crippen MR) is 73.9 cm³/mol. The molecule has 98 valence electrons. The number of rotatable bonds is 2. The number of hydrogen-bond acceptors (Lipinski definition) is 4. The number of anilines is 1. The van der Waals surface area contributed by atoms with Crippen LogP contribution in [0.4, 0.5) is 5.82 Å². The molecule has 2 aromatic rings. The van der Waals surface area contributed by atoms with Crippen LogP contribution in [-0.2, 0) is 7.05 Å². The summed E-state index contributed by atoms with van der Waals surface area (Å²) in [5.74, 6) is 0.798. The molecule has 5 nitrogen and oxygen atoms in total. The summed E-state index contributed by atoms with van der Waals surface area (Å²) in [5.41, 5.74) is 0.872. The molecular weight excluding hydrogens is 250 g/mol. The first-order valence-electron chi connectivity index (χ1n) is 5.91. The number of nitrogens with one attached hydrogen (secondary N) is 1. The number of hydrogen-bond donors (Lipinski definition) is 1. The van der Waals surface area contributed by atoms with Crippen LogP contribution in [0.25, 0.3) is 11.0 Å². The summed E-state index contributed by atoms with van der Waals surface area (Å²) in [6.45, 7) is 8.69. The first-order valence-corrected chi connectivity index (χ1v) is 6.29. The van der Waals surface area contributed by atoms with Gasteiger partial charge in [0, 0.05) is 13.1 Å². The smallest absolute Gasteiger partial charge is 0.182 e. The Morgan fingerprint density at radius 3 is 2.61 bits per heavy atom. The molecule has 2 rings (SSSR count). The second-order valence-electron chi connectivity index (χ2n) is 5.61. The van der Waals surface area contributed by atoms with Crippen molar-refractivity contribution < 1.29 is 0 Å². The Hall–Kier alpha value is -1.36. The summed E-state index contributed by atoms with van der Waals surface area (Å²) in [5, 5.41) is 17.0. The van der Waals surface area contributed by atoms with Crippen molar-refractivity contribution in [3.8, 4) is 0 Å². The van der Waals surface area contributed by atoms with Crippen LogP contribution in [0.3, 0.4) is 0 Å². The molecule has 0 radical (unpaired) electrons. The van der Waals surface area contributed by atoms with Crippen LogP contribution >= 0.6 is 11.6 Å². The highest BCUT2D eigenvalue weighted by Gasteiger charge is 2.22. The molecule has 2 heterocycles. The van der Waals surface area contributed by atoms with E-state index >= 15 is 0 Å². The molecule has 0 saturated heterocycles. The molecule has 0 saturated carbocycles. The summed E-state index contributed by atoms with van der Waals surface area (Å²) in [6.07, 6.45) is 0. The highest BCUT2D eigenvalue weighted by Crippen LogP contribution is 2.27. The molecule has 0 aliphatic heterocycles. The van der Waals surface area contributed by atoms with Gasteiger partial charge in [0.15, 0.2) is 16.6 Å². The maximum Gasteiger partial charge on any atom is 0.182 e. The van der Waals surface area contributed by atoms with Crippen molar-refractivity contribution in [2.75, 3.05) is 5.32 Å². The number of aromatic nitrogens is 4. The third-order valence-corrected chi connectivity index (χ3v) is 3.39. The van der Waals surface area contributed by atoms with Crippen LogP contribution in [0.2, 0.25) is 5.15 Å². The predicted octanol–water partition coefficient (Wildman–Crippen LogP) is 2.86. The van der Waals surface area contributed by atoms with Gasteiger partial charge < -0.3 is 5.32 Å². The van der Waals surface area contributed by atoms with Gasteiger partial charge in [-0.3, -0.25) is 0 Å². The highest BCUT2D eigenvalue weighted by molar-refractivity contribution is 6.30. The minimum atomic E-state index is 0.147. The highest BCUT2D eigenvalue weighted by atomic mass is 35.5. The van der Waals surface area contributed by atoms with Crippen molar-refractivity contribution in [3.05, 3.63) is 11.2 Å². The molecule has 0 bridgehead atoms. The normalized spacial score (nSPS) is 13.9. The topological polar surface area (TPSA) is 55.6 Å². The minimum Gasteiger partial charge on any atom is -0.365 e. The third-order valence-electron chi connectivity index (χ3n) is 3.21. The SMILES string of the molecule is CC(Nc1nn(C)c2nnc(Cl)cc12)C(C)(C)C. The Labute approximate surface area is 112 Å². The lowest BCUT2D eigenvalue weighted by molar-refractivity contribution is 0.358. The van der Waals surface area contributed by atoms with Gasteiger partial charge in [0.1, 0.15) is 0 Å². The van der Waals surface area contributed by atoms with Gasteiger partial charge >= 0.3 is 0 Å². The van der Waals surface area contributed by atoms with E-state index in [9.17, 15) is 0 Å². The lowest BCUT2D eigenvalue weighted by Gasteiger charge is -2.28. The molecular formula is C12H18ClN5.